The van der Waals surface area contributed by atoms with Crippen molar-refractivity contribution >= 4 is 17.8 Å². The summed E-state index contributed by atoms with van der Waals surface area (Å²) in [4.78, 5) is 21.5. The molecule has 1 fully saturated rings. The molecule has 0 bridgehead atoms. The maximum absolute atomic E-state index is 12.9. The molecule has 2 aromatic rings. The quantitative estimate of drug-likeness (QED) is 0.663. The van der Waals surface area contributed by atoms with Gasteiger partial charge in [0.15, 0.2) is 0 Å². The summed E-state index contributed by atoms with van der Waals surface area (Å²) in [5.74, 6) is 0.809. The summed E-state index contributed by atoms with van der Waals surface area (Å²) in [6.45, 7) is 5.65. The predicted molar refractivity (Wildman–Crippen MR) is 117 cm³/mol. The van der Waals surface area contributed by atoms with E-state index in [0.29, 0.717) is 12.2 Å². The molecular formula is C23H30N4O2. The molecule has 6 nitrogen and oxygen atoms in total. The van der Waals surface area contributed by atoms with Gasteiger partial charge in [-0.05, 0) is 24.1 Å². The van der Waals surface area contributed by atoms with Crippen LogP contribution in [0.15, 0.2) is 54.7 Å². The van der Waals surface area contributed by atoms with Crippen LogP contribution in [0.2, 0.25) is 0 Å². The van der Waals surface area contributed by atoms with Gasteiger partial charge in [0.2, 0.25) is 0 Å². The minimum absolute atomic E-state index is 0.0758. The zero-order chi connectivity index (χ0) is 20.3. The number of pyridine rings is 1. The van der Waals surface area contributed by atoms with Gasteiger partial charge in [-0.15, -0.1) is 0 Å². The van der Waals surface area contributed by atoms with E-state index in [1.165, 1.54) is 5.56 Å². The molecule has 3 rings (SSSR count). The number of methoxy groups -OCH3 is 1. The van der Waals surface area contributed by atoms with Crippen LogP contribution in [0.5, 0.6) is 0 Å². The Morgan fingerprint density at radius 2 is 1.97 bits per heavy atom. The number of hydrogen-bond donors (Lipinski definition) is 1. The van der Waals surface area contributed by atoms with E-state index in [2.05, 4.69) is 39.5 Å². The Morgan fingerprint density at radius 1 is 1.17 bits per heavy atom. The lowest BCUT2D eigenvalue weighted by Crippen LogP contribution is -2.48. The molecule has 1 saturated heterocycles. The van der Waals surface area contributed by atoms with E-state index < -0.39 is 0 Å². The molecular weight excluding hydrogens is 364 g/mol. The number of piperazine rings is 1. The minimum Gasteiger partial charge on any atom is -0.385 e. The molecule has 0 radical (unpaired) electrons. The molecule has 1 aromatic heterocycles. The number of aromatic nitrogens is 1. The summed E-state index contributed by atoms with van der Waals surface area (Å²) in [5, 5.41) is 3.24. The van der Waals surface area contributed by atoms with Gasteiger partial charge in [-0.2, -0.15) is 0 Å². The van der Waals surface area contributed by atoms with Crippen LogP contribution in [0.3, 0.4) is 0 Å². The van der Waals surface area contributed by atoms with E-state index in [1.807, 2.05) is 29.2 Å². The van der Waals surface area contributed by atoms with Crippen LogP contribution >= 0.6 is 0 Å². The average molecular weight is 395 g/mol. The highest BCUT2D eigenvalue weighted by Gasteiger charge is 2.21. The fourth-order valence-electron chi connectivity index (χ4n) is 3.31. The molecule has 29 heavy (non-hydrogen) atoms. The van der Waals surface area contributed by atoms with Crippen LogP contribution < -0.4 is 5.32 Å². The van der Waals surface area contributed by atoms with E-state index in [1.54, 1.807) is 19.4 Å². The zero-order valence-corrected chi connectivity index (χ0v) is 17.1. The van der Waals surface area contributed by atoms with Crippen molar-refractivity contribution in [2.75, 3.05) is 58.3 Å². The second kappa shape index (κ2) is 11.3. The number of nitrogens with one attached hydrogen (secondary N) is 1. The van der Waals surface area contributed by atoms with Crippen LogP contribution in [-0.4, -0.2) is 73.7 Å². The summed E-state index contributed by atoms with van der Waals surface area (Å²) in [7, 11) is 1.69. The molecule has 0 saturated carbocycles. The third-order valence-corrected chi connectivity index (χ3v) is 4.97. The van der Waals surface area contributed by atoms with E-state index in [4.69, 9.17) is 4.74 Å². The summed E-state index contributed by atoms with van der Waals surface area (Å²) in [6, 6.07) is 13.9. The Labute approximate surface area is 173 Å². The number of amides is 1. The summed E-state index contributed by atoms with van der Waals surface area (Å²) < 4.78 is 5.05. The number of carbonyl (C=O) groups excluding carboxylic acids is 1. The van der Waals surface area contributed by atoms with Crippen molar-refractivity contribution in [1.29, 1.82) is 0 Å². The summed E-state index contributed by atoms with van der Waals surface area (Å²) in [5.41, 5.74) is 1.90. The smallest absolute Gasteiger partial charge is 0.254 e. The highest BCUT2D eigenvalue weighted by molar-refractivity contribution is 5.94. The average Bonchev–Trinajstić information content (AvgIpc) is 2.78. The van der Waals surface area contributed by atoms with E-state index >= 15 is 0 Å². The third-order valence-electron chi connectivity index (χ3n) is 4.97. The summed E-state index contributed by atoms with van der Waals surface area (Å²) >= 11 is 0. The van der Waals surface area contributed by atoms with Crippen LogP contribution in [0.25, 0.3) is 6.08 Å². The van der Waals surface area contributed by atoms with Crippen molar-refractivity contribution in [3.8, 4) is 0 Å². The molecule has 1 N–H and O–H groups in total. The van der Waals surface area contributed by atoms with Gasteiger partial charge in [-0.3, -0.25) is 9.69 Å². The summed E-state index contributed by atoms with van der Waals surface area (Å²) in [6.07, 6.45) is 6.93. The molecule has 0 unspecified atom stereocenters. The Hall–Kier alpha value is -2.70. The number of ether oxygens (including phenoxy) is 1. The molecule has 0 atom stereocenters. The highest BCUT2D eigenvalue weighted by atomic mass is 16.5. The van der Waals surface area contributed by atoms with Crippen molar-refractivity contribution < 1.29 is 9.53 Å². The van der Waals surface area contributed by atoms with Gasteiger partial charge < -0.3 is 15.0 Å². The molecule has 1 aliphatic heterocycles. The van der Waals surface area contributed by atoms with E-state index in [-0.39, 0.29) is 5.91 Å². The van der Waals surface area contributed by atoms with E-state index in [9.17, 15) is 4.79 Å². The first-order chi connectivity index (χ1) is 14.3. The number of benzene rings is 1. The number of hydrogen-bond acceptors (Lipinski definition) is 5. The highest BCUT2D eigenvalue weighted by Crippen LogP contribution is 2.12. The van der Waals surface area contributed by atoms with E-state index in [0.717, 1.165) is 51.5 Å². The molecule has 2 heterocycles. The van der Waals surface area contributed by atoms with Gasteiger partial charge in [0.25, 0.3) is 5.91 Å². The predicted octanol–water partition coefficient (Wildman–Crippen LogP) is 3.00. The Morgan fingerprint density at radius 3 is 2.72 bits per heavy atom. The maximum Gasteiger partial charge on any atom is 0.254 e. The van der Waals surface area contributed by atoms with Gasteiger partial charge in [-0.1, -0.05) is 42.5 Å². The molecule has 6 heteroatoms. The standard InChI is InChI=1S/C23H30N4O2/c1-29-18-6-11-24-22-19-21(10-12-25-22)23(28)27-16-14-26(15-17-27)13-5-9-20-7-3-2-4-8-20/h2-5,7-10,12,19H,6,11,13-18H2,1H3,(H,24,25)/b9-5+. The SMILES string of the molecule is COCCCNc1cc(C(=O)N2CCN(C/C=C/c3ccccc3)CC2)ccn1. The van der Waals surface area contributed by atoms with Crippen LogP contribution in [0.4, 0.5) is 5.82 Å². The van der Waals surface area contributed by atoms with Crippen LogP contribution in [0.1, 0.15) is 22.3 Å². The van der Waals surface area contributed by atoms with Crippen LogP contribution in [0, 0.1) is 0 Å². The third kappa shape index (κ3) is 6.69. The topological polar surface area (TPSA) is 57.7 Å². The number of anilines is 1. The first-order valence-corrected chi connectivity index (χ1v) is 10.2. The Balaban J connectivity index is 1.45. The molecule has 1 amide bonds. The fraction of sp³-hybridized carbons (Fsp3) is 0.391. The zero-order valence-electron chi connectivity index (χ0n) is 17.1. The lowest BCUT2D eigenvalue weighted by molar-refractivity contribution is 0.0650. The van der Waals surface area contributed by atoms with Crippen molar-refractivity contribution in [2.24, 2.45) is 0 Å². The first kappa shape index (κ1) is 21.0. The molecule has 1 aliphatic rings. The van der Waals surface area contributed by atoms with Gasteiger partial charge in [-0.25, -0.2) is 4.98 Å². The monoisotopic (exact) mass is 394 g/mol. The van der Waals surface area contributed by atoms with Gasteiger partial charge in [0, 0.05) is 64.7 Å². The second-order valence-corrected chi connectivity index (χ2v) is 7.11. The second-order valence-electron chi connectivity index (χ2n) is 7.11. The number of nitrogens with zero attached hydrogens (tertiary/aromatic N) is 3. The van der Waals surface area contributed by atoms with Crippen LogP contribution in [-0.2, 0) is 4.74 Å². The lowest BCUT2D eigenvalue weighted by Gasteiger charge is -2.34. The lowest BCUT2D eigenvalue weighted by atomic mass is 10.2. The van der Waals surface area contributed by atoms with Crippen molar-refractivity contribution in [2.45, 2.75) is 6.42 Å². The minimum atomic E-state index is 0.0758. The van der Waals surface area contributed by atoms with Crippen molar-refractivity contribution in [3.63, 3.8) is 0 Å². The largest absolute Gasteiger partial charge is 0.385 e. The van der Waals surface area contributed by atoms with Crippen molar-refractivity contribution in [1.82, 2.24) is 14.8 Å². The normalized spacial score (nSPS) is 15.0. The van der Waals surface area contributed by atoms with Gasteiger partial charge >= 0.3 is 0 Å². The fourth-order valence-corrected chi connectivity index (χ4v) is 3.31. The van der Waals surface area contributed by atoms with Gasteiger partial charge in [0.1, 0.15) is 5.82 Å². The molecule has 0 spiro atoms. The Kier molecular flexibility index (Phi) is 8.22. The molecule has 154 valence electrons. The maximum atomic E-state index is 12.9. The number of rotatable bonds is 9. The van der Waals surface area contributed by atoms with Gasteiger partial charge in [0.05, 0.1) is 0 Å². The molecule has 1 aromatic carbocycles. The Bertz CT molecular complexity index is 786. The number of carbonyl (C=O) groups is 1. The van der Waals surface area contributed by atoms with Crippen molar-refractivity contribution in [3.05, 3.63) is 65.9 Å². The first-order valence-electron chi connectivity index (χ1n) is 10.2. The molecule has 0 aliphatic carbocycles.